The van der Waals surface area contributed by atoms with Crippen molar-refractivity contribution in [3.63, 3.8) is 0 Å². The molecule has 2 nitrogen and oxygen atoms in total. The second kappa shape index (κ2) is 6.51. The minimum Gasteiger partial charge on any atom is -0.313 e. The van der Waals surface area contributed by atoms with E-state index in [0.29, 0.717) is 0 Å². The molecule has 0 fully saturated rings. The van der Waals surface area contributed by atoms with E-state index < -0.39 is 0 Å². The van der Waals surface area contributed by atoms with Gasteiger partial charge in [0.15, 0.2) is 0 Å². The molecule has 104 valence electrons. The lowest BCUT2D eigenvalue weighted by Gasteiger charge is -2.20. The first-order chi connectivity index (χ1) is 9.06. The van der Waals surface area contributed by atoms with Gasteiger partial charge in [-0.1, -0.05) is 18.2 Å². The third-order valence-corrected chi connectivity index (χ3v) is 4.07. The van der Waals surface area contributed by atoms with Crippen molar-refractivity contribution < 1.29 is 0 Å². The van der Waals surface area contributed by atoms with Crippen molar-refractivity contribution >= 4 is 21.4 Å². The Balaban J connectivity index is 1.71. The lowest BCUT2D eigenvalue weighted by molar-refractivity contribution is 0.418. The molecule has 0 aliphatic carbocycles. The molecule has 0 saturated carbocycles. The largest absolute Gasteiger partial charge is 0.313 e. The fraction of sp³-hybridized carbons (Fsp3) is 0.500. The molecule has 0 spiro atoms. The molecule has 19 heavy (non-hydrogen) atoms. The van der Waals surface area contributed by atoms with Crippen molar-refractivity contribution in [2.24, 2.45) is 0 Å². The first-order valence-electron chi connectivity index (χ1n) is 6.97. The maximum atomic E-state index is 3.53. The van der Waals surface area contributed by atoms with Gasteiger partial charge in [0.2, 0.25) is 0 Å². The Kier molecular flexibility index (Phi) is 4.97. The van der Waals surface area contributed by atoms with Gasteiger partial charge < -0.3 is 10.6 Å². The zero-order valence-corrected chi connectivity index (χ0v) is 12.9. The number of benzene rings is 1. The van der Waals surface area contributed by atoms with E-state index in [1.807, 2.05) is 11.3 Å². The van der Waals surface area contributed by atoms with Crippen molar-refractivity contribution in [3.05, 3.63) is 35.2 Å². The highest BCUT2D eigenvalue weighted by Crippen LogP contribution is 2.25. The van der Waals surface area contributed by atoms with E-state index in [4.69, 9.17) is 0 Å². The van der Waals surface area contributed by atoms with Crippen LogP contribution in [0.25, 0.3) is 10.1 Å². The molecule has 3 heteroatoms. The van der Waals surface area contributed by atoms with Gasteiger partial charge in [0, 0.05) is 16.8 Å². The van der Waals surface area contributed by atoms with Crippen LogP contribution in [0.15, 0.2) is 29.6 Å². The van der Waals surface area contributed by atoms with Crippen LogP contribution in [-0.2, 0) is 6.54 Å². The smallest absolute Gasteiger partial charge is 0.0346 e. The van der Waals surface area contributed by atoms with Crippen molar-refractivity contribution in [2.75, 3.05) is 13.1 Å². The van der Waals surface area contributed by atoms with Gasteiger partial charge >= 0.3 is 0 Å². The molecule has 2 aromatic rings. The van der Waals surface area contributed by atoms with Gasteiger partial charge in [-0.2, -0.15) is 0 Å². The van der Waals surface area contributed by atoms with E-state index in [1.165, 1.54) is 22.1 Å². The first kappa shape index (κ1) is 14.5. The standard InChI is InChI=1S/C16H24N2S/c1-16(2,3)18-10-6-9-17-11-13-12-19-15-8-5-4-7-14(13)15/h4-5,7-8,12,17-18H,6,9-11H2,1-3H3. The summed E-state index contributed by atoms with van der Waals surface area (Å²) in [6, 6.07) is 8.63. The Morgan fingerprint density at radius 2 is 1.89 bits per heavy atom. The summed E-state index contributed by atoms with van der Waals surface area (Å²) in [6.07, 6.45) is 1.17. The fourth-order valence-corrected chi connectivity index (χ4v) is 3.03. The number of nitrogens with one attached hydrogen (secondary N) is 2. The fourth-order valence-electron chi connectivity index (χ4n) is 2.07. The van der Waals surface area contributed by atoms with Crippen LogP contribution < -0.4 is 10.6 Å². The number of fused-ring (bicyclic) bond motifs is 1. The van der Waals surface area contributed by atoms with Crippen LogP contribution in [0.4, 0.5) is 0 Å². The zero-order valence-electron chi connectivity index (χ0n) is 12.1. The highest BCUT2D eigenvalue weighted by molar-refractivity contribution is 7.17. The summed E-state index contributed by atoms with van der Waals surface area (Å²) in [5.41, 5.74) is 1.65. The zero-order chi connectivity index (χ0) is 13.7. The molecule has 0 aliphatic rings. The molecular formula is C16H24N2S. The highest BCUT2D eigenvalue weighted by Gasteiger charge is 2.07. The topological polar surface area (TPSA) is 24.1 Å². The minimum atomic E-state index is 0.226. The normalized spacial score (nSPS) is 12.2. The van der Waals surface area contributed by atoms with E-state index >= 15 is 0 Å². The number of thiophene rings is 1. The average Bonchev–Trinajstić information content (AvgIpc) is 2.76. The molecule has 0 amide bonds. The van der Waals surface area contributed by atoms with Gasteiger partial charge in [-0.05, 0) is 62.7 Å². The van der Waals surface area contributed by atoms with Crippen LogP contribution in [0.2, 0.25) is 0 Å². The van der Waals surface area contributed by atoms with E-state index in [1.54, 1.807) is 0 Å². The van der Waals surface area contributed by atoms with Crippen molar-refractivity contribution in [1.29, 1.82) is 0 Å². The summed E-state index contributed by atoms with van der Waals surface area (Å²) in [5.74, 6) is 0. The molecule has 1 aromatic carbocycles. The van der Waals surface area contributed by atoms with Gasteiger partial charge in [-0.3, -0.25) is 0 Å². The number of rotatable bonds is 6. The van der Waals surface area contributed by atoms with E-state index in [9.17, 15) is 0 Å². The summed E-state index contributed by atoms with van der Waals surface area (Å²) in [7, 11) is 0. The SMILES string of the molecule is CC(C)(C)NCCCNCc1csc2ccccc12. The Labute approximate surface area is 120 Å². The molecule has 0 radical (unpaired) electrons. The minimum absolute atomic E-state index is 0.226. The van der Waals surface area contributed by atoms with Crippen LogP contribution >= 0.6 is 11.3 Å². The van der Waals surface area contributed by atoms with Crippen molar-refractivity contribution in [2.45, 2.75) is 39.3 Å². The Hall–Kier alpha value is -0.900. The second-order valence-electron chi connectivity index (χ2n) is 5.96. The van der Waals surface area contributed by atoms with Crippen molar-refractivity contribution in [1.82, 2.24) is 10.6 Å². The summed E-state index contributed by atoms with van der Waals surface area (Å²) in [6.45, 7) is 9.72. The van der Waals surface area contributed by atoms with Gasteiger partial charge in [0.05, 0.1) is 0 Å². The van der Waals surface area contributed by atoms with E-state index in [-0.39, 0.29) is 5.54 Å². The van der Waals surface area contributed by atoms with Crippen LogP contribution in [0.1, 0.15) is 32.8 Å². The lowest BCUT2D eigenvalue weighted by atomic mass is 10.1. The Morgan fingerprint density at radius 3 is 2.68 bits per heavy atom. The molecule has 0 atom stereocenters. The number of hydrogen-bond acceptors (Lipinski definition) is 3. The predicted molar refractivity (Wildman–Crippen MR) is 85.9 cm³/mol. The molecule has 1 aromatic heterocycles. The Morgan fingerprint density at radius 1 is 1.11 bits per heavy atom. The Bertz CT molecular complexity index is 511. The summed E-state index contributed by atoms with van der Waals surface area (Å²) >= 11 is 1.83. The predicted octanol–water partition coefficient (Wildman–Crippen LogP) is 3.77. The summed E-state index contributed by atoms with van der Waals surface area (Å²) < 4.78 is 1.38. The molecule has 2 rings (SSSR count). The maximum absolute atomic E-state index is 3.53. The second-order valence-corrected chi connectivity index (χ2v) is 6.88. The van der Waals surface area contributed by atoms with Gasteiger partial charge in [-0.15, -0.1) is 11.3 Å². The van der Waals surface area contributed by atoms with E-state index in [2.05, 4.69) is 61.1 Å². The van der Waals surface area contributed by atoms with Crippen molar-refractivity contribution in [3.8, 4) is 0 Å². The lowest BCUT2D eigenvalue weighted by Crippen LogP contribution is -2.37. The highest BCUT2D eigenvalue weighted by atomic mass is 32.1. The van der Waals surface area contributed by atoms with E-state index in [0.717, 1.165) is 19.6 Å². The molecule has 0 unspecified atom stereocenters. The molecule has 0 aliphatic heterocycles. The molecule has 0 bridgehead atoms. The molecular weight excluding hydrogens is 252 g/mol. The van der Waals surface area contributed by atoms with Crippen LogP contribution in [0.3, 0.4) is 0 Å². The van der Waals surface area contributed by atoms with Crippen LogP contribution in [0, 0.1) is 0 Å². The average molecular weight is 276 g/mol. The van der Waals surface area contributed by atoms with Gasteiger partial charge in [0.1, 0.15) is 0 Å². The third kappa shape index (κ3) is 4.60. The molecule has 0 saturated heterocycles. The monoisotopic (exact) mass is 276 g/mol. The third-order valence-electron chi connectivity index (χ3n) is 3.06. The maximum Gasteiger partial charge on any atom is 0.0346 e. The first-order valence-corrected chi connectivity index (χ1v) is 7.85. The van der Waals surface area contributed by atoms with Crippen LogP contribution in [0.5, 0.6) is 0 Å². The van der Waals surface area contributed by atoms with Gasteiger partial charge in [0.25, 0.3) is 0 Å². The summed E-state index contributed by atoms with van der Waals surface area (Å²) in [5, 5.41) is 10.7. The molecule has 2 N–H and O–H groups in total. The quantitative estimate of drug-likeness (QED) is 0.785. The molecule has 1 heterocycles. The summed E-state index contributed by atoms with van der Waals surface area (Å²) in [4.78, 5) is 0. The van der Waals surface area contributed by atoms with Gasteiger partial charge in [-0.25, -0.2) is 0 Å². The number of hydrogen-bond donors (Lipinski definition) is 2. The van der Waals surface area contributed by atoms with Crippen LogP contribution in [-0.4, -0.2) is 18.6 Å².